The smallest absolute Gasteiger partial charge is 0.320 e. The lowest BCUT2D eigenvalue weighted by Crippen LogP contribution is -2.32. The molecule has 0 aliphatic heterocycles. The second kappa shape index (κ2) is 16.2. The molecule has 1 aromatic carbocycles. The van der Waals surface area contributed by atoms with Gasteiger partial charge >= 0.3 is 17.9 Å². The number of phenols is 1. The molecule has 11 heteroatoms. The van der Waals surface area contributed by atoms with E-state index in [0.29, 0.717) is 13.0 Å². The van der Waals surface area contributed by atoms with Gasteiger partial charge in [-0.15, -0.1) is 0 Å². The predicted octanol–water partition coefficient (Wildman–Crippen LogP) is -0.708. The monoisotopic (exact) mass is 416 g/mol. The standard InChI is InChI=1S/C9H11NO3.C6H14N2O2.C3H7NO2/c10-8(9(12)13)5-6-1-3-7(11)4-2-6;7-4-2-1-3-5(8)6(9)10;1-2(4)3(5)6/h1-4,8,11H,5,10H2,(H,12,13);5H,1-4,7-8H2,(H,9,10);2H,4H2,1H3,(H,5,6). The minimum absolute atomic E-state index is 0.160. The van der Waals surface area contributed by atoms with E-state index >= 15 is 0 Å². The Labute approximate surface area is 169 Å². The van der Waals surface area contributed by atoms with Crippen molar-refractivity contribution in [2.45, 2.75) is 50.7 Å². The summed E-state index contributed by atoms with van der Waals surface area (Å²) in [6.45, 7) is 2.02. The van der Waals surface area contributed by atoms with Crippen LogP contribution in [0.2, 0.25) is 0 Å². The van der Waals surface area contributed by atoms with E-state index in [-0.39, 0.29) is 12.2 Å². The maximum Gasteiger partial charge on any atom is 0.320 e. The Hall–Kier alpha value is -2.73. The summed E-state index contributed by atoms with van der Waals surface area (Å²) >= 11 is 0. The number of hydrogen-bond donors (Lipinski definition) is 8. The summed E-state index contributed by atoms with van der Waals surface area (Å²) in [5, 5.41) is 33.7. The van der Waals surface area contributed by atoms with Crippen LogP contribution in [0.15, 0.2) is 24.3 Å². The van der Waals surface area contributed by atoms with Crippen molar-refractivity contribution in [2.24, 2.45) is 22.9 Å². The molecule has 29 heavy (non-hydrogen) atoms. The lowest BCUT2D eigenvalue weighted by atomic mass is 10.1. The van der Waals surface area contributed by atoms with Gasteiger partial charge in [-0.25, -0.2) is 0 Å². The first kappa shape index (κ1) is 28.5. The number of aromatic hydroxyl groups is 1. The minimum Gasteiger partial charge on any atom is -0.508 e. The van der Waals surface area contributed by atoms with Crippen LogP contribution in [0, 0.1) is 0 Å². The molecule has 12 N–H and O–H groups in total. The lowest BCUT2D eigenvalue weighted by Gasteiger charge is -2.05. The molecule has 0 aromatic heterocycles. The van der Waals surface area contributed by atoms with Crippen molar-refractivity contribution in [3.63, 3.8) is 0 Å². The second-order valence-corrected chi connectivity index (χ2v) is 6.17. The van der Waals surface area contributed by atoms with E-state index in [9.17, 15) is 14.4 Å². The van der Waals surface area contributed by atoms with Crippen molar-refractivity contribution in [1.29, 1.82) is 0 Å². The van der Waals surface area contributed by atoms with Gasteiger partial charge in [-0.2, -0.15) is 0 Å². The minimum atomic E-state index is -1.02. The third-order valence-corrected chi connectivity index (χ3v) is 3.39. The fraction of sp³-hybridized carbons (Fsp3) is 0.500. The molecule has 0 saturated heterocycles. The third-order valence-electron chi connectivity index (χ3n) is 3.39. The molecular weight excluding hydrogens is 384 g/mol. The molecule has 3 unspecified atom stereocenters. The molecule has 0 aliphatic carbocycles. The molecule has 0 amide bonds. The van der Waals surface area contributed by atoms with Gasteiger partial charge in [0.05, 0.1) is 0 Å². The Balaban J connectivity index is 0. The molecule has 166 valence electrons. The fourth-order valence-corrected chi connectivity index (χ4v) is 1.61. The molecule has 0 fully saturated rings. The third kappa shape index (κ3) is 17.1. The quantitative estimate of drug-likeness (QED) is 0.234. The van der Waals surface area contributed by atoms with Crippen LogP contribution in [0.5, 0.6) is 5.75 Å². The van der Waals surface area contributed by atoms with Crippen molar-refractivity contribution in [3.8, 4) is 5.75 Å². The number of carboxylic acid groups (broad SMARTS) is 3. The van der Waals surface area contributed by atoms with Gasteiger partial charge in [0, 0.05) is 0 Å². The SMILES string of the molecule is CC(N)C(=O)O.NC(Cc1ccc(O)cc1)C(=O)O.NCCCCC(N)C(=O)O. The van der Waals surface area contributed by atoms with Crippen molar-refractivity contribution in [3.05, 3.63) is 29.8 Å². The zero-order valence-corrected chi connectivity index (χ0v) is 16.4. The summed E-state index contributed by atoms with van der Waals surface area (Å²) in [5.74, 6) is -2.76. The van der Waals surface area contributed by atoms with E-state index in [1.54, 1.807) is 12.1 Å². The molecule has 1 rings (SSSR count). The first-order chi connectivity index (χ1) is 13.4. The van der Waals surface area contributed by atoms with E-state index in [2.05, 4.69) is 0 Å². The molecule has 0 heterocycles. The molecule has 0 aliphatic rings. The van der Waals surface area contributed by atoms with Crippen molar-refractivity contribution < 1.29 is 34.8 Å². The van der Waals surface area contributed by atoms with E-state index in [1.807, 2.05) is 0 Å². The number of unbranched alkanes of at least 4 members (excludes halogenated alkanes) is 1. The Kier molecular flexibility index (Phi) is 16.0. The maximum atomic E-state index is 10.4. The molecular formula is C18H32N4O7. The zero-order valence-electron chi connectivity index (χ0n) is 16.4. The van der Waals surface area contributed by atoms with E-state index in [0.717, 1.165) is 18.4 Å². The van der Waals surface area contributed by atoms with Crippen LogP contribution in [0.4, 0.5) is 0 Å². The number of carbonyl (C=O) groups is 3. The summed E-state index contributed by atoms with van der Waals surface area (Å²) in [5.41, 5.74) is 21.4. The van der Waals surface area contributed by atoms with Crippen LogP contribution in [-0.4, -0.2) is 63.0 Å². The van der Waals surface area contributed by atoms with Crippen molar-refractivity contribution in [2.75, 3.05) is 6.54 Å². The maximum absolute atomic E-state index is 10.4. The highest BCUT2D eigenvalue weighted by Gasteiger charge is 2.11. The highest BCUT2D eigenvalue weighted by atomic mass is 16.4. The van der Waals surface area contributed by atoms with Crippen LogP contribution in [-0.2, 0) is 20.8 Å². The van der Waals surface area contributed by atoms with Crippen molar-refractivity contribution in [1.82, 2.24) is 0 Å². The Morgan fingerprint density at radius 3 is 1.66 bits per heavy atom. The molecule has 0 bridgehead atoms. The summed E-state index contributed by atoms with van der Waals surface area (Å²) < 4.78 is 0. The van der Waals surface area contributed by atoms with Crippen LogP contribution in [0.1, 0.15) is 31.7 Å². The Morgan fingerprint density at radius 2 is 1.31 bits per heavy atom. The van der Waals surface area contributed by atoms with Gasteiger partial charge in [0.2, 0.25) is 0 Å². The highest BCUT2D eigenvalue weighted by Crippen LogP contribution is 2.10. The largest absolute Gasteiger partial charge is 0.508 e. The van der Waals surface area contributed by atoms with Gasteiger partial charge < -0.3 is 43.4 Å². The van der Waals surface area contributed by atoms with Gasteiger partial charge in [-0.05, 0) is 50.4 Å². The molecule has 0 saturated carbocycles. The van der Waals surface area contributed by atoms with Gasteiger partial charge in [-0.3, -0.25) is 14.4 Å². The number of nitrogens with two attached hydrogens (primary N) is 4. The average Bonchev–Trinajstić information content (AvgIpc) is 2.64. The first-order valence-corrected chi connectivity index (χ1v) is 8.85. The molecule has 0 radical (unpaired) electrons. The molecule has 0 spiro atoms. The second-order valence-electron chi connectivity index (χ2n) is 6.17. The summed E-state index contributed by atoms with van der Waals surface area (Å²) in [6, 6.07) is 3.98. The number of carboxylic acids is 3. The van der Waals surface area contributed by atoms with Gasteiger partial charge in [0.15, 0.2) is 0 Å². The van der Waals surface area contributed by atoms with Gasteiger partial charge in [0.1, 0.15) is 23.9 Å². The topological polar surface area (TPSA) is 236 Å². The number of phenolic OH excluding ortho intramolecular Hbond substituents is 1. The van der Waals surface area contributed by atoms with E-state index < -0.39 is 36.0 Å². The first-order valence-electron chi connectivity index (χ1n) is 8.85. The summed E-state index contributed by atoms with van der Waals surface area (Å²) in [6.07, 6.45) is 2.44. The van der Waals surface area contributed by atoms with Crippen molar-refractivity contribution >= 4 is 17.9 Å². The van der Waals surface area contributed by atoms with Crippen LogP contribution < -0.4 is 22.9 Å². The Bertz CT molecular complexity index is 609. The molecule has 11 nitrogen and oxygen atoms in total. The van der Waals surface area contributed by atoms with Crippen LogP contribution >= 0.6 is 0 Å². The average molecular weight is 416 g/mol. The van der Waals surface area contributed by atoms with Gasteiger partial charge in [-0.1, -0.05) is 18.6 Å². The fourth-order valence-electron chi connectivity index (χ4n) is 1.61. The summed E-state index contributed by atoms with van der Waals surface area (Å²) in [7, 11) is 0. The molecule has 1 aromatic rings. The van der Waals surface area contributed by atoms with Crippen LogP contribution in [0.25, 0.3) is 0 Å². The number of aliphatic carboxylic acids is 3. The van der Waals surface area contributed by atoms with Crippen LogP contribution in [0.3, 0.4) is 0 Å². The highest BCUT2D eigenvalue weighted by molar-refractivity contribution is 5.73. The number of benzene rings is 1. The molecule has 3 atom stereocenters. The normalized spacial score (nSPS) is 12.9. The van der Waals surface area contributed by atoms with E-state index in [1.165, 1.54) is 19.1 Å². The number of rotatable bonds is 9. The Morgan fingerprint density at radius 1 is 0.862 bits per heavy atom. The lowest BCUT2D eigenvalue weighted by molar-refractivity contribution is -0.139. The zero-order chi connectivity index (χ0) is 23.0. The summed E-state index contributed by atoms with van der Waals surface area (Å²) in [4.78, 5) is 30.1. The van der Waals surface area contributed by atoms with E-state index in [4.69, 9.17) is 43.4 Å². The number of hydrogen-bond acceptors (Lipinski definition) is 8. The predicted molar refractivity (Wildman–Crippen MR) is 107 cm³/mol. The van der Waals surface area contributed by atoms with Gasteiger partial charge in [0.25, 0.3) is 0 Å².